The molecular weight excluding hydrogens is 258 g/mol. The van der Waals surface area contributed by atoms with Crippen LogP contribution in [-0.2, 0) is 19.0 Å². The van der Waals surface area contributed by atoms with Gasteiger partial charge < -0.3 is 14.2 Å². The van der Waals surface area contributed by atoms with Crippen molar-refractivity contribution in [3.05, 3.63) is 0 Å². The molecule has 118 valence electrons. The average Bonchev–Trinajstić information content (AvgIpc) is 2.50. The summed E-state index contributed by atoms with van der Waals surface area (Å²) >= 11 is 0. The number of hydrogen-bond acceptors (Lipinski definition) is 5. The Hall–Kier alpha value is -0.490. The van der Waals surface area contributed by atoms with E-state index in [-0.39, 0.29) is 11.7 Å². The van der Waals surface area contributed by atoms with Crippen LogP contribution in [-0.4, -0.2) is 69.0 Å². The van der Waals surface area contributed by atoms with Gasteiger partial charge in [-0.1, -0.05) is 0 Å². The highest BCUT2D eigenvalue weighted by Crippen LogP contribution is 2.39. The molecule has 0 N–H and O–H groups in total. The molecule has 1 heterocycles. The summed E-state index contributed by atoms with van der Waals surface area (Å²) in [7, 11) is 3.37. The van der Waals surface area contributed by atoms with E-state index in [1.807, 2.05) is 27.7 Å². The van der Waals surface area contributed by atoms with Gasteiger partial charge in [-0.15, -0.1) is 0 Å². The van der Waals surface area contributed by atoms with E-state index in [4.69, 9.17) is 14.2 Å². The van der Waals surface area contributed by atoms with Crippen molar-refractivity contribution in [1.82, 2.24) is 4.90 Å². The molecule has 0 aromatic heterocycles. The van der Waals surface area contributed by atoms with E-state index < -0.39 is 11.2 Å². The lowest BCUT2D eigenvalue weighted by Crippen LogP contribution is -2.43. The van der Waals surface area contributed by atoms with Crippen LogP contribution >= 0.6 is 0 Å². The lowest BCUT2D eigenvalue weighted by Gasteiger charge is -2.30. The molecular formula is C15H29NO4. The summed E-state index contributed by atoms with van der Waals surface area (Å²) in [5, 5.41) is 0. The normalized spacial score (nSPS) is 24.6. The molecule has 1 aliphatic rings. The number of ketones is 1. The van der Waals surface area contributed by atoms with E-state index in [0.29, 0.717) is 19.8 Å². The van der Waals surface area contributed by atoms with Crippen LogP contribution in [0.25, 0.3) is 0 Å². The van der Waals surface area contributed by atoms with E-state index in [9.17, 15) is 4.79 Å². The fourth-order valence-corrected chi connectivity index (χ4v) is 2.81. The SMILES string of the molecule is COCCN(CCOC)CC1C(=O)C(C)(C)OC1(C)C. The van der Waals surface area contributed by atoms with Gasteiger partial charge in [-0.05, 0) is 27.7 Å². The standard InChI is InChI=1S/C15H29NO4/c1-14(2)12(13(17)15(3,4)20-14)11-16(7-9-18-5)8-10-19-6/h12H,7-11H2,1-6H3. The van der Waals surface area contributed by atoms with Crippen molar-refractivity contribution < 1.29 is 19.0 Å². The molecule has 1 saturated heterocycles. The number of rotatable bonds is 8. The third-order valence-electron chi connectivity index (χ3n) is 3.93. The van der Waals surface area contributed by atoms with Gasteiger partial charge in [0.25, 0.3) is 0 Å². The number of nitrogens with zero attached hydrogens (tertiary/aromatic N) is 1. The Balaban J connectivity index is 2.72. The Bertz CT molecular complexity index is 320. The first-order valence-electron chi connectivity index (χ1n) is 7.19. The monoisotopic (exact) mass is 287 g/mol. The van der Waals surface area contributed by atoms with Crippen molar-refractivity contribution in [3.63, 3.8) is 0 Å². The fraction of sp³-hybridized carbons (Fsp3) is 0.933. The van der Waals surface area contributed by atoms with Gasteiger partial charge in [0.05, 0.1) is 24.7 Å². The number of hydrogen-bond donors (Lipinski definition) is 0. The summed E-state index contributed by atoms with van der Waals surface area (Å²) in [4.78, 5) is 14.7. The van der Waals surface area contributed by atoms with Gasteiger partial charge >= 0.3 is 0 Å². The molecule has 1 unspecified atom stereocenters. The molecule has 1 atom stereocenters. The maximum Gasteiger partial charge on any atom is 0.171 e. The van der Waals surface area contributed by atoms with Crippen LogP contribution in [0.1, 0.15) is 27.7 Å². The first-order chi connectivity index (χ1) is 9.24. The van der Waals surface area contributed by atoms with Gasteiger partial charge in [0, 0.05) is 33.9 Å². The lowest BCUT2D eigenvalue weighted by atomic mass is 9.85. The molecule has 0 radical (unpaired) electrons. The van der Waals surface area contributed by atoms with Crippen LogP contribution < -0.4 is 0 Å². The highest BCUT2D eigenvalue weighted by atomic mass is 16.5. The third-order valence-corrected chi connectivity index (χ3v) is 3.93. The van der Waals surface area contributed by atoms with Gasteiger partial charge in [-0.25, -0.2) is 0 Å². The summed E-state index contributed by atoms with van der Waals surface area (Å²) < 4.78 is 16.2. The van der Waals surface area contributed by atoms with E-state index in [0.717, 1.165) is 13.1 Å². The van der Waals surface area contributed by atoms with E-state index in [1.165, 1.54) is 0 Å². The topological polar surface area (TPSA) is 48.0 Å². The van der Waals surface area contributed by atoms with E-state index in [2.05, 4.69) is 4.90 Å². The Labute approximate surface area is 122 Å². The second kappa shape index (κ2) is 6.98. The van der Waals surface area contributed by atoms with Crippen LogP contribution in [0.3, 0.4) is 0 Å². The van der Waals surface area contributed by atoms with Crippen molar-refractivity contribution in [1.29, 1.82) is 0 Å². The molecule has 5 heteroatoms. The van der Waals surface area contributed by atoms with Crippen LogP contribution in [0.15, 0.2) is 0 Å². The molecule has 1 rings (SSSR count). The minimum Gasteiger partial charge on any atom is -0.383 e. The van der Waals surface area contributed by atoms with Gasteiger partial charge in [0.2, 0.25) is 0 Å². The molecule has 1 aliphatic heterocycles. The van der Waals surface area contributed by atoms with E-state index >= 15 is 0 Å². The number of Topliss-reactive ketones (excluding diaryl/α,β-unsaturated/α-hetero) is 1. The number of methoxy groups -OCH3 is 2. The van der Waals surface area contributed by atoms with Crippen LogP contribution in [0.4, 0.5) is 0 Å². The predicted molar refractivity (Wildman–Crippen MR) is 77.9 cm³/mol. The molecule has 0 aromatic rings. The Kier molecular flexibility index (Phi) is 6.13. The molecule has 0 saturated carbocycles. The smallest absolute Gasteiger partial charge is 0.171 e. The molecule has 20 heavy (non-hydrogen) atoms. The summed E-state index contributed by atoms with van der Waals surface area (Å²) in [6, 6.07) is 0. The molecule has 0 spiro atoms. The van der Waals surface area contributed by atoms with Crippen molar-refractivity contribution in [3.8, 4) is 0 Å². The second-order valence-electron chi connectivity index (χ2n) is 6.42. The first-order valence-corrected chi connectivity index (χ1v) is 7.19. The highest BCUT2D eigenvalue weighted by Gasteiger charge is 2.53. The van der Waals surface area contributed by atoms with Crippen LogP contribution in [0.2, 0.25) is 0 Å². The average molecular weight is 287 g/mol. The quantitative estimate of drug-likeness (QED) is 0.674. The zero-order valence-electron chi connectivity index (χ0n) is 13.7. The predicted octanol–water partition coefficient (Wildman–Crippen LogP) is 1.35. The molecule has 0 aliphatic carbocycles. The van der Waals surface area contributed by atoms with Gasteiger partial charge in [0.15, 0.2) is 5.78 Å². The molecule has 5 nitrogen and oxygen atoms in total. The molecule has 1 fully saturated rings. The van der Waals surface area contributed by atoms with Gasteiger partial charge in [-0.3, -0.25) is 9.69 Å². The summed E-state index contributed by atoms with van der Waals surface area (Å²) in [5.74, 6) is 0.0635. The zero-order valence-corrected chi connectivity index (χ0v) is 13.7. The molecule has 0 aromatic carbocycles. The Morgan fingerprint density at radius 1 is 1.10 bits per heavy atom. The summed E-state index contributed by atoms with van der Waals surface area (Å²) in [5.41, 5.74) is -1.12. The summed E-state index contributed by atoms with van der Waals surface area (Å²) in [6.07, 6.45) is 0. The van der Waals surface area contributed by atoms with E-state index in [1.54, 1.807) is 14.2 Å². The number of ether oxygens (including phenoxy) is 3. The minimum atomic E-state index is -0.692. The second-order valence-corrected chi connectivity index (χ2v) is 6.42. The largest absolute Gasteiger partial charge is 0.383 e. The maximum atomic E-state index is 12.5. The van der Waals surface area contributed by atoms with Crippen molar-refractivity contribution in [2.45, 2.75) is 38.9 Å². The molecule has 0 bridgehead atoms. The Morgan fingerprint density at radius 2 is 1.60 bits per heavy atom. The van der Waals surface area contributed by atoms with Crippen molar-refractivity contribution in [2.75, 3.05) is 47.1 Å². The third kappa shape index (κ3) is 4.25. The summed E-state index contributed by atoms with van der Waals surface area (Å²) in [6.45, 7) is 11.3. The number of carbonyl (C=O) groups excluding carboxylic acids is 1. The van der Waals surface area contributed by atoms with Crippen LogP contribution in [0, 0.1) is 5.92 Å². The van der Waals surface area contributed by atoms with Gasteiger partial charge in [0.1, 0.15) is 5.60 Å². The van der Waals surface area contributed by atoms with Crippen LogP contribution in [0.5, 0.6) is 0 Å². The fourth-order valence-electron chi connectivity index (χ4n) is 2.81. The number of carbonyl (C=O) groups is 1. The minimum absolute atomic E-state index is 0.119. The van der Waals surface area contributed by atoms with Gasteiger partial charge in [-0.2, -0.15) is 0 Å². The van der Waals surface area contributed by atoms with Crippen molar-refractivity contribution >= 4 is 5.78 Å². The highest BCUT2D eigenvalue weighted by molar-refractivity contribution is 5.91. The molecule has 0 amide bonds. The van der Waals surface area contributed by atoms with Crippen molar-refractivity contribution in [2.24, 2.45) is 5.92 Å². The maximum absolute atomic E-state index is 12.5. The first kappa shape index (κ1) is 17.6. The Morgan fingerprint density at radius 3 is 1.95 bits per heavy atom. The lowest BCUT2D eigenvalue weighted by molar-refractivity contribution is -0.132. The zero-order chi connectivity index (χ0) is 15.4.